The summed E-state index contributed by atoms with van der Waals surface area (Å²) >= 11 is 0. The van der Waals surface area contributed by atoms with Gasteiger partial charge in [0.25, 0.3) is 0 Å². The summed E-state index contributed by atoms with van der Waals surface area (Å²) in [6.45, 7) is 2.76. The summed E-state index contributed by atoms with van der Waals surface area (Å²) in [5.41, 5.74) is 0.996. The summed E-state index contributed by atoms with van der Waals surface area (Å²) in [4.78, 5) is 10.2. The van der Waals surface area contributed by atoms with Gasteiger partial charge in [-0.1, -0.05) is 29.8 Å². The number of hydrogen-bond acceptors (Lipinski definition) is 4. The summed E-state index contributed by atoms with van der Waals surface area (Å²) in [5, 5.41) is 11.4. The fourth-order valence-electron chi connectivity index (χ4n) is 3.15. The maximum Gasteiger partial charge on any atom is 0.435 e. The van der Waals surface area contributed by atoms with Crippen LogP contribution in [0.4, 0.5) is 13.2 Å². The largest absolute Gasteiger partial charge is 0.435 e. The molecule has 3 aromatic rings. The first kappa shape index (κ1) is 24.5. The van der Waals surface area contributed by atoms with Crippen LogP contribution in [-0.4, -0.2) is 30.7 Å². The Hall–Kier alpha value is -3.18. The lowest BCUT2D eigenvalue weighted by Gasteiger charge is -2.09. The van der Waals surface area contributed by atoms with E-state index in [-0.39, 0.29) is 22.2 Å². The monoisotopic (exact) mass is 480 g/mol. The number of sulfonamides is 1. The van der Waals surface area contributed by atoms with Crippen molar-refractivity contribution in [1.29, 1.82) is 0 Å². The van der Waals surface area contributed by atoms with Crippen molar-refractivity contribution in [2.75, 3.05) is 6.54 Å². The number of primary sulfonamides is 1. The second kappa shape index (κ2) is 9.75. The molecule has 0 unspecified atom stereocenters. The number of carbonyl (C=O) groups excluding carboxylic acids is 1. The highest BCUT2D eigenvalue weighted by Gasteiger charge is 2.35. The Balaban J connectivity index is 0.000000374. The van der Waals surface area contributed by atoms with Gasteiger partial charge in [0.05, 0.1) is 16.3 Å². The Morgan fingerprint density at radius 3 is 2.12 bits per heavy atom. The predicted octanol–water partition coefficient (Wildman–Crippen LogP) is 3.80. The van der Waals surface area contributed by atoms with Crippen molar-refractivity contribution < 1.29 is 26.4 Å². The lowest BCUT2D eigenvalue weighted by atomic mass is 10.1. The molecule has 7 nitrogen and oxygen atoms in total. The molecule has 1 aliphatic rings. The third-order valence-corrected chi connectivity index (χ3v) is 5.84. The van der Waals surface area contributed by atoms with Gasteiger partial charge in [0, 0.05) is 18.5 Å². The first-order chi connectivity index (χ1) is 15.4. The van der Waals surface area contributed by atoms with Gasteiger partial charge in [-0.05, 0) is 50.1 Å². The molecule has 2 heterocycles. The SMILES string of the molecule is Cc1ccc(-c2cc(C(F)(F)F)nn2-c2ccc(S(N)(=O)=O)cc2)cc1.O=C1CCCCN1. The molecular weight excluding hydrogens is 457 g/mol. The average molecular weight is 481 g/mol. The van der Waals surface area contributed by atoms with Crippen LogP contribution in [0.15, 0.2) is 59.5 Å². The topological polar surface area (TPSA) is 107 Å². The van der Waals surface area contributed by atoms with E-state index in [1.165, 1.54) is 24.3 Å². The highest BCUT2D eigenvalue weighted by molar-refractivity contribution is 7.89. The lowest BCUT2D eigenvalue weighted by Crippen LogP contribution is -2.28. The molecule has 176 valence electrons. The zero-order chi connectivity index (χ0) is 24.2. The molecule has 1 amide bonds. The normalized spacial score (nSPS) is 14.3. The van der Waals surface area contributed by atoms with Gasteiger partial charge in [-0.3, -0.25) is 4.79 Å². The number of piperidine rings is 1. The molecule has 3 N–H and O–H groups in total. The van der Waals surface area contributed by atoms with Gasteiger partial charge in [-0.2, -0.15) is 18.3 Å². The van der Waals surface area contributed by atoms with Crippen molar-refractivity contribution >= 4 is 15.9 Å². The van der Waals surface area contributed by atoms with Gasteiger partial charge < -0.3 is 5.32 Å². The van der Waals surface area contributed by atoms with E-state index < -0.39 is 21.9 Å². The summed E-state index contributed by atoms with van der Waals surface area (Å²) < 4.78 is 63.2. The van der Waals surface area contributed by atoms with Crippen molar-refractivity contribution in [3.05, 3.63) is 65.9 Å². The van der Waals surface area contributed by atoms with Crippen LogP contribution in [-0.2, 0) is 21.0 Å². The minimum atomic E-state index is -4.61. The third kappa shape index (κ3) is 6.42. The Labute approximate surface area is 189 Å². The van der Waals surface area contributed by atoms with Crippen LogP contribution in [0, 0.1) is 6.92 Å². The average Bonchev–Trinajstić information content (AvgIpc) is 3.21. The summed E-state index contributed by atoms with van der Waals surface area (Å²) in [7, 11) is -3.90. The van der Waals surface area contributed by atoms with E-state index in [9.17, 15) is 26.4 Å². The maximum atomic E-state index is 13.1. The molecule has 0 saturated carbocycles. The molecule has 11 heteroatoms. The van der Waals surface area contributed by atoms with Crippen LogP contribution >= 0.6 is 0 Å². The van der Waals surface area contributed by atoms with Crippen LogP contribution in [0.2, 0.25) is 0 Å². The standard InChI is InChI=1S/C17H14F3N3O2S.C5H9NO/c1-11-2-4-12(5-3-11)15-10-16(17(18,19)20)22-23(15)13-6-8-14(9-7-13)26(21,24)25;7-5-3-1-2-4-6-5/h2-10H,1H3,(H2,21,24,25);1-4H2,(H,6,7). The van der Waals surface area contributed by atoms with Gasteiger partial charge in [0.15, 0.2) is 5.69 Å². The molecule has 0 aliphatic carbocycles. The lowest BCUT2D eigenvalue weighted by molar-refractivity contribution is -0.141. The van der Waals surface area contributed by atoms with E-state index in [2.05, 4.69) is 10.4 Å². The molecule has 0 atom stereocenters. The molecule has 4 rings (SSSR count). The van der Waals surface area contributed by atoms with Crippen molar-refractivity contribution in [3.8, 4) is 16.9 Å². The first-order valence-corrected chi connectivity index (χ1v) is 11.6. The fourth-order valence-corrected chi connectivity index (χ4v) is 3.67. The molecule has 1 aliphatic heterocycles. The molecule has 0 radical (unpaired) electrons. The van der Waals surface area contributed by atoms with Crippen molar-refractivity contribution in [2.45, 2.75) is 37.3 Å². The minimum absolute atomic E-state index is 0.138. The maximum absolute atomic E-state index is 13.1. The Kier molecular flexibility index (Phi) is 7.23. The van der Waals surface area contributed by atoms with Crippen molar-refractivity contribution in [1.82, 2.24) is 15.1 Å². The number of nitrogens with zero attached hydrogens (tertiary/aromatic N) is 2. The van der Waals surface area contributed by atoms with Gasteiger partial charge in [0.2, 0.25) is 15.9 Å². The van der Waals surface area contributed by atoms with Crippen LogP contribution in [0.25, 0.3) is 16.9 Å². The highest BCUT2D eigenvalue weighted by Crippen LogP contribution is 2.33. The number of amides is 1. The van der Waals surface area contributed by atoms with E-state index in [4.69, 9.17) is 5.14 Å². The highest BCUT2D eigenvalue weighted by atomic mass is 32.2. The summed E-state index contributed by atoms with van der Waals surface area (Å²) in [5.74, 6) is 0.214. The van der Waals surface area contributed by atoms with E-state index in [1.807, 2.05) is 6.92 Å². The third-order valence-electron chi connectivity index (χ3n) is 4.91. The second-order valence-corrected chi connectivity index (χ2v) is 9.10. The van der Waals surface area contributed by atoms with E-state index in [1.54, 1.807) is 24.3 Å². The number of aromatic nitrogens is 2. The number of aryl methyl sites for hydroxylation is 1. The van der Waals surface area contributed by atoms with E-state index in [0.29, 0.717) is 5.56 Å². The van der Waals surface area contributed by atoms with Crippen LogP contribution in [0.5, 0.6) is 0 Å². The fraction of sp³-hybridized carbons (Fsp3) is 0.273. The number of nitrogens with two attached hydrogens (primary N) is 1. The van der Waals surface area contributed by atoms with Gasteiger partial charge in [0.1, 0.15) is 0 Å². The minimum Gasteiger partial charge on any atom is -0.356 e. The molecule has 1 fully saturated rings. The van der Waals surface area contributed by atoms with Gasteiger partial charge in [-0.15, -0.1) is 0 Å². The molecule has 1 aromatic heterocycles. The molecular formula is C22H23F3N4O3S. The van der Waals surface area contributed by atoms with E-state index in [0.717, 1.165) is 42.1 Å². The van der Waals surface area contributed by atoms with Crippen molar-refractivity contribution in [3.63, 3.8) is 0 Å². The molecule has 0 spiro atoms. The predicted molar refractivity (Wildman–Crippen MR) is 117 cm³/mol. The smallest absolute Gasteiger partial charge is 0.356 e. The number of rotatable bonds is 3. The number of benzene rings is 2. The zero-order valence-electron chi connectivity index (χ0n) is 17.8. The van der Waals surface area contributed by atoms with E-state index >= 15 is 0 Å². The molecule has 33 heavy (non-hydrogen) atoms. The number of carbonyl (C=O) groups is 1. The van der Waals surface area contributed by atoms with Crippen LogP contribution in [0.1, 0.15) is 30.5 Å². The summed E-state index contributed by atoms with van der Waals surface area (Å²) in [6.07, 6.45) is -1.64. The summed E-state index contributed by atoms with van der Waals surface area (Å²) in [6, 6.07) is 13.1. The Morgan fingerprint density at radius 1 is 1.03 bits per heavy atom. The first-order valence-electron chi connectivity index (χ1n) is 10.1. The molecule has 1 saturated heterocycles. The van der Waals surface area contributed by atoms with Crippen LogP contribution in [0.3, 0.4) is 0 Å². The Morgan fingerprint density at radius 2 is 1.67 bits per heavy atom. The Bertz CT molecular complexity index is 1210. The number of alkyl halides is 3. The molecule has 0 bridgehead atoms. The number of halogens is 3. The van der Waals surface area contributed by atoms with Gasteiger partial charge >= 0.3 is 6.18 Å². The zero-order valence-corrected chi connectivity index (χ0v) is 18.6. The van der Waals surface area contributed by atoms with Gasteiger partial charge in [-0.25, -0.2) is 18.2 Å². The number of hydrogen-bond donors (Lipinski definition) is 2. The van der Waals surface area contributed by atoms with Crippen molar-refractivity contribution in [2.24, 2.45) is 5.14 Å². The quantitative estimate of drug-likeness (QED) is 0.595. The second-order valence-electron chi connectivity index (χ2n) is 7.54. The number of nitrogens with one attached hydrogen (secondary N) is 1. The molecule has 2 aromatic carbocycles. The van der Waals surface area contributed by atoms with Crippen LogP contribution < -0.4 is 10.5 Å².